The van der Waals surface area contributed by atoms with Gasteiger partial charge >= 0.3 is 0 Å². The van der Waals surface area contributed by atoms with Gasteiger partial charge < -0.3 is 10.5 Å². The minimum absolute atomic E-state index is 0.136. The lowest BCUT2D eigenvalue weighted by Gasteiger charge is -2.05. The summed E-state index contributed by atoms with van der Waals surface area (Å²) in [6.45, 7) is 0.222. The normalized spacial score (nSPS) is 10.0. The predicted octanol–water partition coefficient (Wildman–Crippen LogP) is 1.95. The fourth-order valence-electron chi connectivity index (χ4n) is 0.883. The van der Waals surface area contributed by atoms with Gasteiger partial charge in [0.25, 0.3) is 0 Å². The van der Waals surface area contributed by atoms with Crippen molar-refractivity contribution in [3.8, 4) is 5.75 Å². The monoisotopic (exact) mass is 189 g/mol. The standard InChI is InChI=1S/C8H9ClFNO/c1-12-8-3-6(9)5(4-11)2-7(8)10/h2-3H,4,11H2,1H3. The summed E-state index contributed by atoms with van der Waals surface area (Å²) < 4.78 is 17.7. The van der Waals surface area contributed by atoms with E-state index in [0.29, 0.717) is 10.6 Å². The molecule has 0 heterocycles. The van der Waals surface area contributed by atoms with Gasteiger partial charge in [0.05, 0.1) is 7.11 Å². The number of nitrogens with two attached hydrogens (primary N) is 1. The smallest absolute Gasteiger partial charge is 0.165 e. The molecule has 1 aromatic carbocycles. The summed E-state index contributed by atoms with van der Waals surface area (Å²) in [5.41, 5.74) is 5.90. The molecule has 0 radical (unpaired) electrons. The van der Waals surface area contributed by atoms with Crippen molar-refractivity contribution >= 4 is 11.6 Å². The molecule has 12 heavy (non-hydrogen) atoms. The van der Waals surface area contributed by atoms with Crippen LogP contribution in [0, 0.1) is 5.82 Å². The van der Waals surface area contributed by atoms with Crippen LogP contribution in [0.15, 0.2) is 12.1 Å². The molecule has 0 unspecified atom stereocenters. The largest absolute Gasteiger partial charge is 0.494 e. The van der Waals surface area contributed by atoms with Crippen molar-refractivity contribution in [2.24, 2.45) is 5.73 Å². The lowest BCUT2D eigenvalue weighted by Crippen LogP contribution is -1.99. The fourth-order valence-corrected chi connectivity index (χ4v) is 1.11. The number of rotatable bonds is 2. The molecule has 4 heteroatoms. The average molecular weight is 190 g/mol. The molecule has 0 aliphatic carbocycles. The van der Waals surface area contributed by atoms with E-state index in [2.05, 4.69) is 0 Å². The molecule has 0 aliphatic rings. The minimum Gasteiger partial charge on any atom is -0.494 e. The summed E-state index contributed by atoms with van der Waals surface area (Å²) in [4.78, 5) is 0. The van der Waals surface area contributed by atoms with Gasteiger partial charge in [-0.25, -0.2) is 4.39 Å². The molecule has 66 valence electrons. The van der Waals surface area contributed by atoms with Crippen LogP contribution in [0.4, 0.5) is 4.39 Å². The number of benzene rings is 1. The number of hydrogen-bond acceptors (Lipinski definition) is 2. The molecule has 0 saturated carbocycles. The summed E-state index contributed by atoms with van der Waals surface area (Å²) >= 11 is 5.75. The highest BCUT2D eigenvalue weighted by Crippen LogP contribution is 2.25. The van der Waals surface area contributed by atoms with E-state index >= 15 is 0 Å². The second-order valence-corrected chi connectivity index (χ2v) is 2.69. The zero-order valence-corrected chi connectivity index (χ0v) is 7.36. The predicted molar refractivity (Wildman–Crippen MR) is 45.9 cm³/mol. The Labute approximate surface area is 75.1 Å². The van der Waals surface area contributed by atoms with E-state index in [1.165, 1.54) is 19.2 Å². The third kappa shape index (κ3) is 1.68. The van der Waals surface area contributed by atoms with E-state index in [-0.39, 0.29) is 12.3 Å². The lowest BCUT2D eigenvalue weighted by molar-refractivity contribution is 0.386. The molecule has 0 spiro atoms. The highest BCUT2D eigenvalue weighted by atomic mass is 35.5. The fraction of sp³-hybridized carbons (Fsp3) is 0.250. The van der Waals surface area contributed by atoms with Crippen molar-refractivity contribution in [3.63, 3.8) is 0 Å². The van der Waals surface area contributed by atoms with Gasteiger partial charge in [0, 0.05) is 17.6 Å². The van der Waals surface area contributed by atoms with Crippen LogP contribution in [0.5, 0.6) is 5.75 Å². The van der Waals surface area contributed by atoms with Crippen molar-refractivity contribution in [2.75, 3.05) is 7.11 Å². The third-order valence-corrected chi connectivity index (χ3v) is 1.89. The van der Waals surface area contributed by atoms with E-state index in [9.17, 15) is 4.39 Å². The highest BCUT2D eigenvalue weighted by Gasteiger charge is 2.06. The topological polar surface area (TPSA) is 35.2 Å². The molecule has 0 amide bonds. The quantitative estimate of drug-likeness (QED) is 0.772. The maximum atomic E-state index is 13.0. The molecule has 2 nitrogen and oxygen atoms in total. The van der Waals surface area contributed by atoms with Crippen LogP contribution in [0.1, 0.15) is 5.56 Å². The minimum atomic E-state index is -0.442. The number of ether oxygens (including phenoxy) is 1. The first-order chi connectivity index (χ1) is 5.69. The average Bonchev–Trinajstić information content (AvgIpc) is 2.08. The van der Waals surface area contributed by atoms with Crippen molar-refractivity contribution in [1.29, 1.82) is 0 Å². The first-order valence-corrected chi connectivity index (χ1v) is 3.78. The number of halogens is 2. The molecule has 1 rings (SSSR count). The van der Waals surface area contributed by atoms with E-state index < -0.39 is 5.82 Å². The maximum Gasteiger partial charge on any atom is 0.165 e. The van der Waals surface area contributed by atoms with Crippen LogP contribution in [0.25, 0.3) is 0 Å². The Kier molecular flexibility index (Phi) is 2.89. The third-order valence-electron chi connectivity index (χ3n) is 1.54. The van der Waals surface area contributed by atoms with E-state index in [1.54, 1.807) is 0 Å². The Morgan fingerprint density at radius 2 is 2.25 bits per heavy atom. The van der Waals surface area contributed by atoms with Gasteiger partial charge in [-0.1, -0.05) is 11.6 Å². The zero-order valence-electron chi connectivity index (χ0n) is 6.60. The van der Waals surface area contributed by atoms with Gasteiger partial charge in [0.15, 0.2) is 11.6 Å². The van der Waals surface area contributed by atoms with Crippen molar-refractivity contribution in [2.45, 2.75) is 6.54 Å². The summed E-state index contributed by atoms with van der Waals surface area (Å²) in [6.07, 6.45) is 0. The van der Waals surface area contributed by atoms with Gasteiger partial charge in [-0.15, -0.1) is 0 Å². The molecule has 0 atom stereocenters. The van der Waals surface area contributed by atoms with Crippen LogP contribution < -0.4 is 10.5 Å². The van der Waals surface area contributed by atoms with Crippen LogP contribution in [0.3, 0.4) is 0 Å². The van der Waals surface area contributed by atoms with Crippen LogP contribution in [-0.4, -0.2) is 7.11 Å². The van der Waals surface area contributed by atoms with Gasteiger partial charge in [0.2, 0.25) is 0 Å². The van der Waals surface area contributed by atoms with Crippen molar-refractivity contribution < 1.29 is 9.13 Å². The molecule has 0 aromatic heterocycles. The van der Waals surface area contributed by atoms with Gasteiger partial charge in [-0.2, -0.15) is 0 Å². The van der Waals surface area contributed by atoms with Crippen LogP contribution in [-0.2, 0) is 6.54 Å². The number of hydrogen-bond donors (Lipinski definition) is 1. The molecule has 0 aliphatic heterocycles. The second kappa shape index (κ2) is 3.74. The molecular weight excluding hydrogens is 181 g/mol. The molecule has 1 aromatic rings. The first kappa shape index (κ1) is 9.29. The molecule has 0 fully saturated rings. The Balaban J connectivity index is 3.16. The van der Waals surface area contributed by atoms with E-state index in [4.69, 9.17) is 22.1 Å². The van der Waals surface area contributed by atoms with Crippen LogP contribution in [0.2, 0.25) is 5.02 Å². The molecule has 0 bridgehead atoms. The summed E-state index contributed by atoms with van der Waals surface area (Å²) in [5.74, 6) is -0.306. The summed E-state index contributed by atoms with van der Waals surface area (Å²) in [7, 11) is 1.39. The van der Waals surface area contributed by atoms with Gasteiger partial charge in [-0.3, -0.25) is 0 Å². The maximum absolute atomic E-state index is 13.0. The van der Waals surface area contributed by atoms with Gasteiger partial charge in [-0.05, 0) is 11.6 Å². The molecular formula is C8H9ClFNO. The number of methoxy groups -OCH3 is 1. The summed E-state index contributed by atoms with van der Waals surface area (Å²) in [5, 5.41) is 0.427. The first-order valence-electron chi connectivity index (χ1n) is 3.41. The molecule has 2 N–H and O–H groups in total. The Hall–Kier alpha value is -0.800. The van der Waals surface area contributed by atoms with Crippen molar-refractivity contribution in [1.82, 2.24) is 0 Å². The van der Waals surface area contributed by atoms with E-state index in [0.717, 1.165) is 0 Å². The zero-order chi connectivity index (χ0) is 9.14. The lowest BCUT2D eigenvalue weighted by atomic mass is 10.2. The summed E-state index contributed by atoms with van der Waals surface area (Å²) in [6, 6.07) is 2.69. The van der Waals surface area contributed by atoms with Crippen molar-refractivity contribution in [3.05, 3.63) is 28.5 Å². The van der Waals surface area contributed by atoms with Crippen LogP contribution >= 0.6 is 11.6 Å². The van der Waals surface area contributed by atoms with E-state index in [1.807, 2.05) is 0 Å². The Morgan fingerprint density at radius 3 is 2.75 bits per heavy atom. The molecule has 0 saturated heterocycles. The SMILES string of the molecule is COc1cc(Cl)c(CN)cc1F. The highest BCUT2D eigenvalue weighted by molar-refractivity contribution is 6.31. The van der Waals surface area contributed by atoms with Gasteiger partial charge in [0.1, 0.15) is 0 Å². The Morgan fingerprint density at radius 1 is 1.58 bits per heavy atom. The second-order valence-electron chi connectivity index (χ2n) is 2.28. The Bertz CT molecular complexity index is 261.